The van der Waals surface area contributed by atoms with E-state index in [9.17, 15) is 18.7 Å². The number of carbonyl (C=O) groups excluding carboxylic acids is 1. The summed E-state index contributed by atoms with van der Waals surface area (Å²) in [7, 11) is 0. The minimum atomic E-state index is -0.893. The number of anilines is 1. The van der Waals surface area contributed by atoms with E-state index in [1.54, 1.807) is 4.90 Å². The molecule has 0 spiro atoms. The minimum Gasteiger partial charge on any atom is -0.388 e. The average molecular weight is 341 g/mol. The van der Waals surface area contributed by atoms with Crippen molar-refractivity contribution in [1.29, 1.82) is 0 Å². The molecule has 1 aliphatic heterocycles. The Morgan fingerprint density at radius 1 is 1.38 bits per heavy atom. The zero-order valence-electron chi connectivity index (χ0n) is 14.1. The Morgan fingerprint density at radius 3 is 2.71 bits per heavy atom. The van der Waals surface area contributed by atoms with Crippen molar-refractivity contribution in [2.75, 3.05) is 24.5 Å². The molecular weight excluding hydrogens is 316 g/mol. The van der Waals surface area contributed by atoms with Gasteiger partial charge in [0.15, 0.2) is 0 Å². The lowest BCUT2D eigenvalue weighted by molar-refractivity contribution is 0.0349. The van der Waals surface area contributed by atoms with E-state index in [1.807, 2.05) is 13.8 Å². The molecule has 134 valence electrons. The number of hydrogen-bond acceptors (Lipinski definition) is 3. The van der Waals surface area contributed by atoms with Gasteiger partial charge in [0.1, 0.15) is 11.6 Å². The second-order valence-electron chi connectivity index (χ2n) is 6.29. The highest BCUT2D eigenvalue weighted by atomic mass is 19.1. The van der Waals surface area contributed by atoms with Crippen LogP contribution >= 0.6 is 0 Å². The van der Waals surface area contributed by atoms with Gasteiger partial charge in [-0.15, -0.1) is 0 Å². The first-order valence-corrected chi connectivity index (χ1v) is 8.33. The summed E-state index contributed by atoms with van der Waals surface area (Å²) in [5.41, 5.74) is -0.552. The van der Waals surface area contributed by atoms with Crippen molar-refractivity contribution in [2.24, 2.45) is 0 Å². The average Bonchev–Trinajstić information content (AvgIpc) is 3.00. The van der Waals surface area contributed by atoms with Gasteiger partial charge in [-0.1, -0.05) is 13.8 Å². The molecule has 1 heterocycles. The van der Waals surface area contributed by atoms with Crippen LogP contribution in [0, 0.1) is 11.6 Å². The summed E-state index contributed by atoms with van der Waals surface area (Å²) in [5.74, 6) is -1.21. The standard InChI is InChI=1S/C17H25F2N3O2/c1-3-17(24,4-2)11-20-16(23)21-13-7-8-22(10-13)15-6-5-12(18)9-14(15)19/h5-6,9,13,24H,3-4,7-8,10-11H2,1-2H3,(H2,20,21,23). The van der Waals surface area contributed by atoms with Crippen LogP contribution in [-0.2, 0) is 0 Å². The van der Waals surface area contributed by atoms with Crippen molar-refractivity contribution in [3.63, 3.8) is 0 Å². The molecule has 0 saturated carbocycles. The van der Waals surface area contributed by atoms with Crippen molar-refractivity contribution in [2.45, 2.75) is 44.8 Å². The van der Waals surface area contributed by atoms with Gasteiger partial charge >= 0.3 is 6.03 Å². The Kier molecular flexibility index (Phi) is 5.99. The van der Waals surface area contributed by atoms with Gasteiger partial charge in [-0.3, -0.25) is 0 Å². The van der Waals surface area contributed by atoms with Gasteiger partial charge < -0.3 is 20.6 Å². The van der Waals surface area contributed by atoms with E-state index in [0.29, 0.717) is 38.0 Å². The lowest BCUT2D eigenvalue weighted by Crippen LogP contribution is -2.49. The number of urea groups is 1. The Labute approximate surface area is 141 Å². The Bertz CT molecular complexity index is 579. The summed E-state index contributed by atoms with van der Waals surface area (Å²) in [4.78, 5) is 13.7. The molecule has 2 amide bonds. The maximum atomic E-state index is 13.8. The van der Waals surface area contributed by atoms with Gasteiger partial charge in [0.2, 0.25) is 0 Å². The van der Waals surface area contributed by atoms with Crippen molar-refractivity contribution in [3.05, 3.63) is 29.8 Å². The van der Waals surface area contributed by atoms with Crippen LogP contribution in [0.5, 0.6) is 0 Å². The Morgan fingerprint density at radius 2 is 2.08 bits per heavy atom. The van der Waals surface area contributed by atoms with Crippen molar-refractivity contribution >= 4 is 11.7 Å². The number of halogens is 2. The molecular formula is C17H25F2N3O2. The predicted octanol–water partition coefficient (Wildman–Crippen LogP) is 2.39. The maximum Gasteiger partial charge on any atom is 0.315 e. The fourth-order valence-electron chi connectivity index (χ4n) is 2.82. The second-order valence-corrected chi connectivity index (χ2v) is 6.29. The third-order valence-electron chi connectivity index (χ3n) is 4.67. The third kappa shape index (κ3) is 4.56. The number of rotatable bonds is 6. The van der Waals surface area contributed by atoms with E-state index < -0.39 is 17.2 Å². The summed E-state index contributed by atoms with van der Waals surface area (Å²) in [6.07, 6.45) is 1.80. The monoisotopic (exact) mass is 341 g/mol. The van der Waals surface area contributed by atoms with E-state index in [-0.39, 0.29) is 18.6 Å². The Hall–Kier alpha value is -1.89. The largest absolute Gasteiger partial charge is 0.388 e. The molecule has 1 atom stereocenters. The van der Waals surface area contributed by atoms with Crippen LogP contribution < -0.4 is 15.5 Å². The number of amides is 2. The van der Waals surface area contributed by atoms with Gasteiger partial charge in [-0.2, -0.15) is 0 Å². The lowest BCUT2D eigenvalue weighted by Gasteiger charge is -2.26. The number of hydrogen-bond donors (Lipinski definition) is 3. The summed E-state index contributed by atoms with van der Waals surface area (Å²) in [6.45, 7) is 4.97. The van der Waals surface area contributed by atoms with Gasteiger partial charge in [0, 0.05) is 31.7 Å². The van der Waals surface area contributed by atoms with E-state index in [2.05, 4.69) is 10.6 Å². The van der Waals surface area contributed by atoms with Crippen molar-refractivity contribution in [1.82, 2.24) is 10.6 Å². The maximum absolute atomic E-state index is 13.8. The normalized spacial score (nSPS) is 17.9. The van der Waals surface area contributed by atoms with Crippen molar-refractivity contribution < 1.29 is 18.7 Å². The minimum absolute atomic E-state index is 0.120. The third-order valence-corrected chi connectivity index (χ3v) is 4.67. The van der Waals surface area contributed by atoms with Crippen LogP contribution in [0.25, 0.3) is 0 Å². The first-order valence-electron chi connectivity index (χ1n) is 8.33. The van der Waals surface area contributed by atoms with Gasteiger partial charge in [0.25, 0.3) is 0 Å². The number of benzene rings is 1. The van der Waals surface area contributed by atoms with Crippen LogP contribution in [0.3, 0.4) is 0 Å². The molecule has 1 aliphatic rings. The fraction of sp³-hybridized carbons (Fsp3) is 0.588. The lowest BCUT2D eigenvalue weighted by atomic mass is 9.98. The molecule has 2 rings (SSSR count). The van der Waals surface area contributed by atoms with E-state index >= 15 is 0 Å². The number of nitrogens with zero attached hydrogens (tertiary/aromatic N) is 1. The van der Waals surface area contributed by atoms with E-state index in [1.165, 1.54) is 12.1 Å². The molecule has 3 N–H and O–H groups in total. The zero-order valence-corrected chi connectivity index (χ0v) is 14.1. The smallest absolute Gasteiger partial charge is 0.315 e. The summed E-state index contributed by atoms with van der Waals surface area (Å²) < 4.78 is 26.8. The highest BCUT2D eigenvalue weighted by molar-refractivity contribution is 5.74. The van der Waals surface area contributed by atoms with E-state index in [0.717, 1.165) is 6.07 Å². The molecule has 1 unspecified atom stereocenters. The molecule has 1 saturated heterocycles. The fourth-order valence-corrected chi connectivity index (χ4v) is 2.82. The SMILES string of the molecule is CCC(O)(CC)CNC(=O)NC1CCN(c2ccc(F)cc2F)C1. The van der Waals surface area contributed by atoms with Crippen LogP contribution in [0.15, 0.2) is 18.2 Å². The van der Waals surface area contributed by atoms with Crippen LogP contribution in [0.2, 0.25) is 0 Å². The first kappa shape index (κ1) is 18.4. The van der Waals surface area contributed by atoms with Gasteiger partial charge in [-0.25, -0.2) is 13.6 Å². The second kappa shape index (κ2) is 7.79. The molecule has 0 aromatic heterocycles. The molecule has 7 heteroatoms. The van der Waals surface area contributed by atoms with Crippen LogP contribution in [0.1, 0.15) is 33.1 Å². The molecule has 0 radical (unpaired) electrons. The number of nitrogens with one attached hydrogen (secondary N) is 2. The Balaban J connectivity index is 1.84. The van der Waals surface area contributed by atoms with Crippen molar-refractivity contribution in [3.8, 4) is 0 Å². The number of aliphatic hydroxyl groups is 1. The zero-order chi connectivity index (χ0) is 17.7. The highest BCUT2D eigenvalue weighted by Crippen LogP contribution is 2.24. The molecule has 5 nitrogen and oxygen atoms in total. The molecule has 1 aromatic rings. The van der Waals surface area contributed by atoms with E-state index in [4.69, 9.17) is 0 Å². The summed E-state index contributed by atoms with van der Waals surface area (Å²) in [5, 5.41) is 15.7. The summed E-state index contributed by atoms with van der Waals surface area (Å²) >= 11 is 0. The first-order chi connectivity index (χ1) is 11.4. The molecule has 24 heavy (non-hydrogen) atoms. The van der Waals surface area contributed by atoms with Gasteiger partial charge in [0.05, 0.1) is 11.3 Å². The quantitative estimate of drug-likeness (QED) is 0.744. The highest BCUT2D eigenvalue weighted by Gasteiger charge is 2.27. The molecule has 0 bridgehead atoms. The van der Waals surface area contributed by atoms with Crippen LogP contribution in [0.4, 0.5) is 19.3 Å². The summed E-state index contributed by atoms with van der Waals surface area (Å²) in [6, 6.07) is 3.03. The number of carbonyl (C=O) groups is 1. The predicted molar refractivity (Wildman–Crippen MR) is 89.0 cm³/mol. The van der Waals surface area contributed by atoms with Crippen LogP contribution in [-0.4, -0.2) is 42.4 Å². The topological polar surface area (TPSA) is 64.6 Å². The van der Waals surface area contributed by atoms with Gasteiger partial charge in [-0.05, 0) is 31.4 Å². The molecule has 1 fully saturated rings. The molecule has 1 aromatic carbocycles. The molecule has 0 aliphatic carbocycles.